The van der Waals surface area contributed by atoms with Crippen LogP contribution < -0.4 is 5.32 Å². The molecular weight excluding hydrogens is 286 g/mol. The van der Waals surface area contributed by atoms with Gasteiger partial charge in [-0.25, -0.2) is 0 Å². The topological polar surface area (TPSA) is 46.9 Å². The molecular formula is C19H19N3O. The Labute approximate surface area is 135 Å². The lowest BCUT2D eigenvalue weighted by Crippen LogP contribution is -2.15. The first-order valence-electron chi connectivity index (χ1n) is 7.62. The number of aromatic nitrogens is 2. The van der Waals surface area contributed by atoms with Crippen LogP contribution in [0.25, 0.3) is 0 Å². The lowest BCUT2D eigenvalue weighted by Gasteiger charge is -2.04. The first-order chi connectivity index (χ1) is 11.2. The normalized spacial score (nSPS) is 10.5. The molecule has 1 amide bonds. The van der Waals surface area contributed by atoms with E-state index in [4.69, 9.17) is 0 Å². The molecule has 0 bridgehead atoms. The van der Waals surface area contributed by atoms with Crippen LogP contribution in [0.3, 0.4) is 0 Å². The number of carbonyl (C=O) groups excluding carboxylic acids is 1. The van der Waals surface area contributed by atoms with Gasteiger partial charge >= 0.3 is 0 Å². The minimum atomic E-state index is -0.0550. The van der Waals surface area contributed by atoms with Crippen LogP contribution in [0.4, 0.5) is 5.82 Å². The summed E-state index contributed by atoms with van der Waals surface area (Å²) < 4.78 is 1.82. The van der Waals surface area contributed by atoms with Crippen molar-refractivity contribution in [1.29, 1.82) is 0 Å². The van der Waals surface area contributed by atoms with Crippen molar-refractivity contribution in [2.45, 2.75) is 19.9 Å². The summed E-state index contributed by atoms with van der Waals surface area (Å²) in [6.07, 6.45) is 2.22. The third kappa shape index (κ3) is 4.30. The molecule has 0 atom stereocenters. The number of rotatable bonds is 5. The molecule has 0 saturated heterocycles. The van der Waals surface area contributed by atoms with Crippen molar-refractivity contribution >= 4 is 11.7 Å². The quantitative estimate of drug-likeness (QED) is 0.785. The highest BCUT2D eigenvalue weighted by atomic mass is 16.1. The fourth-order valence-corrected chi connectivity index (χ4v) is 2.48. The summed E-state index contributed by atoms with van der Waals surface area (Å²) in [4.78, 5) is 12.1. The molecule has 0 radical (unpaired) electrons. The number of hydrogen-bond acceptors (Lipinski definition) is 2. The van der Waals surface area contributed by atoms with Gasteiger partial charge < -0.3 is 5.32 Å². The highest BCUT2D eigenvalue weighted by Crippen LogP contribution is 2.09. The zero-order chi connectivity index (χ0) is 16.1. The Hall–Kier alpha value is -2.88. The van der Waals surface area contributed by atoms with Crippen LogP contribution in [0.5, 0.6) is 0 Å². The van der Waals surface area contributed by atoms with E-state index in [1.807, 2.05) is 66.3 Å². The molecule has 1 heterocycles. The van der Waals surface area contributed by atoms with Gasteiger partial charge in [0, 0.05) is 12.3 Å². The van der Waals surface area contributed by atoms with E-state index >= 15 is 0 Å². The zero-order valence-corrected chi connectivity index (χ0v) is 13.1. The largest absolute Gasteiger partial charge is 0.309 e. The Kier molecular flexibility index (Phi) is 4.52. The molecule has 4 nitrogen and oxygen atoms in total. The monoisotopic (exact) mass is 305 g/mol. The predicted molar refractivity (Wildman–Crippen MR) is 91.3 cm³/mol. The zero-order valence-electron chi connectivity index (χ0n) is 13.1. The van der Waals surface area contributed by atoms with Gasteiger partial charge in [-0.05, 0) is 18.1 Å². The first-order valence-corrected chi connectivity index (χ1v) is 7.62. The summed E-state index contributed by atoms with van der Waals surface area (Å²) in [5.74, 6) is 0.527. The number of nitrogens with zero attached hydrogens (tertiary/aromatic N) is 2. The van der Waals surface area contributed by atoms with Gasteiger partial charge in [0.25, 0.3) is 0 Å². The molecule has 0 fully saturated rings. The molecule has 0 spiro atoms. The Morgan fingerprint density at radius 1 is 1.04 bits per heavy atom. The smallest absolute Gasteiger partial charge is 0.229 e. The molecule has 1 N–H and O–H groups in total. The van der Waals surface area contributed by atoms with Gasteiger partial charge in [-0.1, -0.05) is 60.2 Å². The molecule has 0 aliphatic carbocycles. The summed E-state index contributed by atoms with van der Waals surface area (Å²) in [5.41, 5.74) is 3.34. The minimum absolute atomic E-state index is 0.0550. The van der Waals surface area contributed by atoms with Crippen molar-refractivity contribution in [1.82, 2.24) is 9.78 Å². The molecule has 23 heavy (non-hydrogen) atoms. The number of benzene rings is 2. The molecule has 3 aromatic rings. The number of nitrogens with one attached hydrogen (secondary N) is 1. The van der Waals surface area contributed by atoms with Gasteiger partial charge in [-0.2, -0.15) is 5.10 Å². The highest BCUT2D eigenvalue weighted by Gasteiger charge is 2.07. The van der Waals surface area contributed by atoms with Crippen LogP contribution >= 0.6 is 0 Å². The van der Waals surface area contributed by atoms with Gasteiger partial charge in [-0.3, -0.25) is 9.48 Å². The number of amides is 1. The molecule has 3 rings (SSSR count). The Morgan fingerprint density at radius 3 is 2.61 bits per heavy atom. The number of carbonyl (C=O) groups is 1. The van der Waals surface area contributed by atoms with Crippen LogP contribution in [0, 0.1) is 6.92 Å². The molecule has 2 aromatic carbocycles. The van der Waals surface area contributed by atoms with Crippen LogP contribution in [-0.2, 0) is 17.8 Å². The van der Waals surface area contributed by atoms with Crippen molar-refractivity contribution in [2.24, 2.45) is 0 Å². The highest BCUT2D eigenvalue weighted by molar-refractivity contribution is 5.91. The van der Waals surface area contributed by atoms with Crippen molar-refractivity contribution in [2.75, 3.05) is 5.32 Å². The SMILES string of the molecule is Cc1cccc(CC(=O)Nc2ccn(Cc3ccccc3)n2)c1. The molecule has 0 aliphatic heterocycles. The van der Waals surface area contributed by atoms with Crippen LogP contribution in [0.1, 0.15) is 16.7 Å². The van der Waals surface area contributed by atoms with E-state index < -0.39 is 0 Å². The predicted octanol–water partition coefficient (Wildman–Crippen LogP) is 3.42. The fourth-order valence-electron chi connectivity index (χ4n) is 2.48. The average molecular weight is 305 g/mol. The van der Waals surface area contributed by atoms with Gasteiger partial charge in [0.1, 0.15) is 0 Å². The fraction of sp³-hybridized carbons (Fsp3) is 0.158. The van der Waals surface area contributed by atoms with Gasteiger partial charge in [0.15, 0.2) is 5.82 Å². The Morgan fingerprint density at radius 2 is 1.83 bits per heavy atom. The summed E-state index contributed by atoms with van der Waals surface area (Å²) in [6, 6.07) is 19.9. The van der Waals surface area contributed by atoms with Crippen molar-refractivity contribution in [3.63, 3.8) is 0 Å². The molecule has 1 aromatic heterocycles. The summed E-state index contributed by atoms with van der Waals surface area (Å²) >= 11 is 0. The second-order valence-corrected chi connectivity index (χ2v) is 5.60. The van der Waals surface area contributed by atoms with E-state index in [0.717, 1.165) is 11.1 Å². The molecule has 0 unspecified atom stereocenters. The van der Waals surface area contributed by atoms with Crippen LogP contribution in [0.2, 0.25) is 0 Å². The summed E-state index contributed by atoms with van der Waals surface area (Å²) in [5, 5.41) is 7.23. The molecule has 116 valence electrons. The van der Waals surface area contributed by atoms with Crippen molar-refractivity contribution in [3.05, 3.63) is 83.6 Å². The van der Waals surface area contributed by atoms with E-state index in [-0.39, 0.29) is 5.91 Å². The van der Waals surface area contributed by atoms with E-state index in [9.17, 15) is 4.79 Å². The van der Waals surface area contributed by atoms with Gasteiger partial charge in [0.05, 0.1) is 13.0 Å². The third-order valence-corrected chi connectivity index (χ3v) is 3.54. The maximum absolute atomic E-state index is 12.1. The lowest BCUT2D eigenvalue weighted by molar-refractivity contribution is -0.115. The van der Waals surface area contributed by atoms with E-state index in [0.29, 0.717) is 18.8 Å². The van der Waals surface area contributed by atoms with Crippen LogP contribution in [-0.4, -0.2) is 15.7 Å². The Balaban J connectivity index is 1.59. The van der Waals surface area contributed by atoms with E-state index in [1.54, 1.807) is 0 Å². The van der Waals surface area contributed by atoms with Gasteiger partial charge in [-0.15, -0.1) is 0 Å². The minimum Gasteiger partial charge on any atom is -0.309 e. The van der Waals surface area contributed by atoms with Gasteiger partial charge in [0.2, 0.25) is 5.91 Å². The molecule has 4 heteroatoms. The standard InChI is InChI=1S/C19H19N3O/c1-15-6-5-9-17(12-15)13-19(23)20-18-10-11-22(21-18)14-16-7-3-2-4-8-16/h2-12H,13-14H2,1H3,(H,20,21,23). The van der Waals surface area contributed by atoms with Crippen molar-refractivity contribution < 1.29 is 4.79 Å². The number of hydrogen-bond donors (Lipinski definition) is 1. The second kappa shape index (κ2) is 6.92. The molecule has 0 saturated carbocycles. The first kappa shape index (κ1) is 15.0. The second-order valence-electron chi connectivity index (χ2n) is 5.60. The molecule has 0 aliphatic rings. The van der Waals surface area contributed by atoms with Crippen LogP contribution in [0.15, 0.2) is 66.9 Å². The Bertz CT molecular complexity index is 793. The van der Waals surface area contributed by atoms with Crippen molar-refractivity contribution in [3.8, 4) is 0 Å². The summed E-state index contributed by atoms with van der Waals surface area (Å²) in [6.45, 7) is 2.71. The maximum Gasteiger partial charge on any atom is 0.229 e. The summed E-state index contributed by atoms with van der Waals surface area (Å²) in [7, 11) is 0. The number of anilines is 1. The maximum atomic E-state index is 12.1. The lowest BCUT2D eigenvalue weighted by atomic mass is 10.1. The third-order valence-electron chi connectivity index (χ3n) is 3.54. The van der Waals surface area contributed by atoms with E-state index in [2.05, 4.69) is 22.5 Å². The average Bonchev–Trinajstić information content (AvgIpc) is 2.95. The van der Waals surface area contributed by atoms with E-state index in [1.165, 1.54) is 5.56 Å². The number of aryl methyl sites for hydroxylation is 1.